The second-order valence-corrected chi connectivity index (χ2v) is 5.60. The van der Waals surface area contributed by atoms with Crippen LogP contribution in [0.2, 0.25) is 0 Å². The van der Waals surface area contributed by atoms with E-state index in [9.17, 15) is 0 Å². The average molecular weight is 244 g/mol. The summed E-state index contributed by atoms with van der Waals surface area (Å²) in [6, 6.07) is 0.648. The molecule has 2 rings (SSSR count). The van der Waals surface area contributed by atoms with Crippen LogP contribution in [0.1, 0.15) is 12.6 Å². The molecule has 1 unspecified atom stereocenters. The Bertz CT molecular complexity index is 315. The summed E-state index contributed by atoms with van der Waals surface area (Å²) >= 11 is 3.47. The number of nitrogens with zero attached hydrogens (tertiary/aromatic N) is 3. The smallest absolute Gasteiger partial charge is 0.134 e. The Morgan fingerprint density at radius 1 is 1.60 bits per heavy atom. The fourth-order valence-electron chi connectivity index (χ4n) is 1.69. The van der Waals surface area contributed by atoms with Crippen molar-refractivity contribution >= 4 is 28.3 Å². The second kappa shape index (κ2) is 5.14. The number of anilines is 1. The highest BCUT2D eigenvalue weighted by Crippen LogP contribution is 2.22. The predicted molar refractivity (Wildman–Crippen MR) is 66.7 cm³/mol. The van der Waals surface area contributed by atoms with Gasteiger partial charge in [0, 0.05) is 49.2 Å². The van der Waals surface area contributed by atoms with E-state index in [1.54, 1.807) is 0 Å². The lowest BCUT2D eigenvalue weighted by atomic mass is 10.3. The first-order chi connectivity index (χ1) is 7.31. The number of nitrogens with one attached hydrogen (secondary N) is 1. The van der Waals surface area contributed by atoms with Crippen LogP contribution in [0.4, 0.5) is 5.00 Å². The van der Waals surface area contributed by atoms with Gasteiger partial charge in [0.25, 0.3) is 0 Å². The predicted octanol–water partition coefficient (Wildman–Crippen LogP) is 1.52. The van der Waals surface area contributed by atoms with Crippen molar-refractivity contribution in [1.29, 1.82) is 0 Å². The summed E-state index contributed by atoms with van der Waals surface area (Å²) in [5, 5.41) is 8.41. The molecule has 0 spiro atoms. The van der Waals surface area contributed by atoms with Crippen molar-refractivity contribution in [3.8, 4) is 0 Å². The minimum atomic E-state index is 0.648. The molecule has 0 amide bonds. The van der Waals surface area contributed by atoms with Crippen LogP contribution in [0.5, 0.6) is 0 Å². The SMILES string of the molecule is CNc1snnc1CN1CCSCC1C. The summed E-state index contributed by atoms with van der Waals surface area (Å²) in [5.41, 5.74) is 1.08. The molecule has 84 valence electrons. The van der Waals surface area contributed by atoms with Crippen molar-refractivity contribution in [2.24, 2.45) is 0 Å². The van der Waals surface area contributed by atoms with Gasteiger partial charge in [-0.1, -0.05) is 4.49 Å². The summed E-state index contributed by atoms with van der Waals surface area (Å²) in [6.45, 7) is 4.37. The van der Waals surface area contributed by atoms with Crippen molar-refractivity contribution in [3.05, 3.63) is 5.69 Å². The molecule has 4 nitrogen and oxygen atoms in total. The fraction of sp³-hybridized carbons (Fsp3) is 0.778. The highest BCUT2D eigenvalue weighted by molar-refractivity contribution is 7.99. The molecule has 0 saturated carbocycles. The molecule has 0 aromatic carbocycles. The topological polar surface area (TPSA) is 41.1 Å². The van der Waals surface area contributed by atoms with Crippen molar-refractivity contribution in [1.82, 2.24) is 14.5 Å². The molecule has 0 radical (unpaired) electrons. The van der Waals surface area contributed by atoms with Crippen molar-refractivity contribution < 1.29 is 0 Å². The summed E-state index contributed by atoms with van der Waals surface area (Å²) in [7, 11) is 1.92. The Balaban J connectivity index is 2.01. The van der Waals surface area contributed by atoms with Gasteiger partial charge in [-0.05, 0) is 6.92 Å². The number of hydrogen-bond acceptors (Lipinski definition) is 6. The van der Waals surface area contributed by atoms with E-state index >= 15 is 0 Å². The van der Waals surface area contributed by atoms with E-state index in [0.29, 0.717) is 6.04 Å². The summed E-state index contributed by atoms with van der Waals surface area (Å²) < 4.78 is 3.98. The Labute approximate surface area is 98.6 Å². The minimum absolute atomic E-state index is 0.648. The zero-order valence-corrected chi connectivity index (χ0v) is 10.7. The van der Waals surface area contributed by atoms with E-state index < -0.39 is 0 Å². The monoisotopic (exact) mass is 244 g/mol. The third kappa shape index (κ3) is 2.62. The fourth-order valence-corrected chi connectivity index (χ4v) is 3.30. The van der Waals surface area contributed by atoms with Gasteiger partial charge in [-0.25, -0.2) is 0 Å². The highest BCUT2D eigenvalue weighted by Gasteiger charge is 2.20. The lowest BCUT2D eigenvalue weighted by Gasteiger charge is -2.32. The van der Waals surface area contributed by atoms with Gasteiger partial charge in [-0.15, -0.1) is 5.10 Å². The van der Waals surface area contributed by atoms with Crippen LogP contribution in [0, 0.1) is 0 Å². The quantitative estimate of drug-likeness (QED) is 0.873. The van der Waals surface area contributed by atoms with Gasteiger partial charge in [-0.2, -0.15) is 11.8 Å². The summed E-state index contributed by atoms with van der Waals surface area (Å²) in [5.74, 6) is 2.46. The van der Waals surface area contributed by atoms with Gasteiger partial charge in [0.2, 0.25) is 0 Å². The molecule has 2 heterocycles. The average Bonchev–Trinajstić information content (AvgIpc) is 2.69. The molecule has 1 atom stereocenters. The van der Waals surface area contributed by atoms with Crippen LogP contribution in [0.3, 0.4) is 0 Å². The van der Waals surface area contributed by atoms with E-state index in [1.165, 1.54) is 23.0 Å². The molecule has 0 aliphatic carbocycles. The zero-order chi connectivity index (χ0) is 10.7. The number of hydrogen-bond donors (Lipinski definition) is 1. The van der Waals surface area contributed by atoms with Gasteiger partial charge >= 0.3 is 0 Å². The lowest BCUT2D eigenvalue weighted by Crippen LogP contribution is -2.39. The van der Waals surface area contributed by atoms with E-state index in [2.05, 4.69) is 26.7 Å². The van der Waals surface area contributed by atoms with Gasteiger partial charge in [-0.3, -0.25) is 4.90 Å². The molecular formula is C9H16N4S2. The molecule has 1 aliphatic heterocycles. The molecule has 6 heteroatoms. The van der Waals surface area contributed by atoms with Crippen molar-refractivity contribution in [3.63, 3.8) is 0 Å². The number of thioether (sulfide) groups is 1. The summed E-state index contributed by atoms with van der Waals surface area (Å²) in [4.78, 5) is 2.48. The van der Waals surface area contributed by atoms with Crippen LogP contribution >= 0.6 is 23.3 Å². The highest BCUT2D eigenvalue weighted by atomic mass is 32.2. The maximum absolute atomic E-state index is 4.17. The van der Waals surface area contributed by atoms with Crippen LogP contribution < -0.4 is 5.32 Å². The van der Waals surface area contributed by atoms with Gasteiger partial charge in [0.05, 0.1) is 0 Å². The summed E-state index contributed by atoms with van der Waals surface area (Å²) in [6.07, 6.45) is 0. The van der Waals surface area contributed by atoms with Crippen LogP contribution in [0.25, 0.3) is 0 Å². The van der Waals surface area contributed by atoms with Crippen LogP contribution in [0.15, 0.2) is 0 Å². The maximum atomic E-state index is 4.17. The normalized spacial score (nSPS) is 22.9. The molecule has 1 fully saturated rings. The molecule has 1 aliphatic rings. The standard InChI is InChI=1S/C9H16N4S2/c1-7-6-14-4-3-13(7)5-8-9(10-2)15-12-11-8/h7,10H,3-6H2,1-2H3. The number of rotatable bonds is 3. The molecule has 1 aromatic heterocycles. The van der Waals surface area contributed by atoms with Crippen LogP contribution in [-0.4, -0.2) is 45.6 Å². The first-order valence-electron chi connectivity index (χ1n) is 5.12. The van der Waals surface area contributed by atoms with E-state index in [-0.39, 0.29) is 0 Å². The first kappa shape index (κ1) is 11.2. The molecule has 1 N–H and O–H groups in total. The maximum Gasteiger partial charge on any atom is 0.134 e. The van der Waals surface area contributed by atoms with Crippen LogP contribution in [-0.2, 0) is 6.54 Å². The molecule has 1 saturated heterocycles. The lowest BCUT2D eigenvalue weighted by molar-refractivity contribution is 0.221. The van der Waals surface area contributed by atoms with E-state index in [1.807, 2.05) is 18.8 Å². The Morgan fingerprint density at radius 3 is 3.20 bits per heavy atom. The zero-order valence-electron chi connectivity index (χ0n) is 9.06. The molecule has 15 heavy (non-hydrogen) atoms. The number of aromatic nitrogens is 2. The van der Waals surface area contributed by atoms with Gasteiger partial charge in [0.15, 0.2) is 0 Å². The Morgan fingerprint density at radius 2 is 2.47 bits per heavy atom. The molecule has 0 bridgehead atoms. The first-order valence-corrected chi connectivity index (χ1v) is 7.05. The Kier molecular flexibility index (Phi) is 3.82. The third-order valence-corrected chi connectivity index (χ3v) is 4.62. The third-order valence-electron chi connectivity index (χ3n) is 2.64. The van der Waals surface area contributed by atoms with Crippen molar-refractivity contribution in [2.75, 3.05) is 30.4 Å². The Hall–Kier alpha value is -0.330. The molecule has 1 aromatic rings. The van der Waals surface area contributed by atoms with Crippen molar-refractivity contribution in [2.45, 2.75) is 19.5 Å². The van der Waals surface area contributed by atoms with E-state index in [0.717, 1.165) is 23.8 Å². The minimum Gasteiger partial charge on any atom is -0.377 e. The molecular weight excluding hydrogens is 228 g/mol. The second-order valence-electron chi connectivity index (χ2n) is 3.69. The van der Waals surface area contributed by atoms with Gasteiger partial charge < -0.3 is 5.32 Å². The van der Waals surface area contributed by atoms with E-state index in [4.69, 9.17) is 0 Å². The largest absolute Gasteiger partial charge is 0.377 e. The van der Waals surface area contributed by atoms with Gasteiger partial charge in [0.1, 0.15) is 10.7 Å².